The van der Waals surface area contributed by atoms with Crippen molar-refractivity contribution in [3.8, 4) is 0 Å². The molecule has 0 saturated carbocycles. The zero-order valence-electron chi connectivity index (χ0n) is 16.1. The van der Waals surface area contributed by atoms with E-state index in [4.69, 9.17) is 34.8 Å². The number of hydrogen-bond acceptors (Lipinski definition) is 2. The third-order valence-corrected chi connectivity index (χ3v) is 7.11. The zero-order valence-corrected chi connectivity index (χ0v) is 18.4. The van der Waals surface area contributed by atoms with Gasteiger partial charge in [-0.05, 0) is 37.1 Å². The van der Waals surface area contributed by atoms with Crippen LogP contribution in [-0.2, 0) is 10.3 Å². The summed E-state index contributed by atoms with van der Waals surface area (Å²) in [6, 6.07) is 11.3. The molecule has 6 heteroatoms. The van der Waals surface area contributed by atoms with Crippen LogP contribution < -0.4 is 0 Å². The molecular formula is C23H21Cl3N2O. The molecule has 0 aromatic heterocycles. The maximum absolute atomic E-state index is 12.8. The Morgan fingerprint density at radius 2 is 1.62 bits per heavy atom. The van der Waals surface area contributed by atoms with E-state index >= 15 is 0 Å². The number of nitrogens with zero attached hydrogens (tertiary/aromatic N) is 2. The van der Waals surface area contributed by atoms with Crippen molar-refractivity contribution in [3.05, 3.63) is 80.8 Å². The highest BCUT2D eigenvalue weighted by atomic mass is 35.5. The van der Waals surface area contributed by atoms with Crippen LogP contribution >= 0.6 is 34.8 Å². The van der Waals surface area contributed by atoms with E-state index in [1.807, 2.05) is 17.0 Å². The summed E-state index contributed by atoms with van der Waals surface area (Å²) in [4.78, 5) is 16.8. The van der Waals surface area contributed by atoms with Crippen LogP contribution in [0.5, 0.6) is 0 Å². The number of amides is 1. The maximum Gasteiger partial charge on any atom is 0.246 e. The molecule has 4 rings (SSSR count). The van der Waals surface area contributed by atoms with Gasteiger partial charge < -0.3 is 9.80 Å². The molecule has 3 nitrogen and oxygen atoms in total. The van der Waals surface area contributed by atoms with Gasteiger partial charge in [-0.2, -0.15) is 0 Å². The lowest BCUT2D eigenvalue weighted by Gasteiger charge is -2.45. The standard InChI is InChI=1S/C23H21Cl3N2O/c1-15-16-5-3-8-20(26)22(16)23(27(15)2)11-13-28(14-12-23)21(29)10-9-17-18(24)6-4-7-19(17)25/h3-10H,1,11-14H2,2H3/b10-9+. The van der Waals surface area contributed by atoms with Gasteiger partial charge in [0.25, 0.3) is 0 Å². The Balaban J connectivity index is 1.52. The summed E-state index contributed by atoms with van der Waals surface area (Å²) in [5.41, 5.74) is 3.67. The van der Waals surface area contributed by atoms with Crippen molar-refractivity contribution in [2.45, 2.75) is 18.4 Å². The highest BCUT2D eigenvalue weighted by Crippen LogP contribution is 2.52. The topological polar surface area (TPSA) is 23.6 Å². The highest BCUT2D eigenvalue weighted by Gasteiger charge is 2.48. The van der Waals surface area contributed by atoms with Crippen LogP contribution in [0, 0.1) is 0 Å². The number of carbonyl (C=O) groups excluding carboxylic acids is 1. The van der Waals surface area contributed by atoms with Gasteiger partial charge in [-0.3, -0.25) is 4.79 Å². The molecule has 1 saturated heterocycles. The lowest BCUT2D eigenvalue weighted by Crippen LogP contribution is -2.49. The lowest BCUT2D eigenvalue weighted by atomic mass is 9.81. The van der Waals surface area contributed by atoms with E-state index in [1.165, 1.54) is 0 Å². The monoisotopic (exact) mass is 446 g/mol. The summed E-state index contributed by atoms with van der Waals surface area (Å²) in [6.07, 6.45) is 4.83. The van der Waals surface area contributed by atoms with Crippen molar-refractivity contribution in [2.75, 3.05) is 20.1 Å². The van der Waals surface area contributed by atoms with Crippen molar-refractivity contribution in [1.29, 1.82) is 0 Å². The number of hydrogen-bond donors (Lipinski definition) is 0. The molecule has 0 aliphatic carbocycles. The molecule has 1 amide bonds. The van der Waals surface area contributed by atoms with E-state index in [0.717, 1.165) is 34.7 Å². The first-order valence-corrected chi connectivity index (χ1v) is 10.6. The Bertz CT molecular complexity index is 1000. The fraction of sp³-hybridized carbons (Fsp3) is 0.261. The van der Waals surface area contributed by atoms with Crippen molar-refractivity contribution in [1.82, 2.24) is 9.80 Å². The predicted octanol–water partition coefficient (Wildman–Crippen LogP) is 6.09. The Kier molecular flexibility index (Phi) is 5.41. The van der Waals surface area contributed by atoms with E-state index < -0.39 is 0 Å². The minimum absolute atomic E-state index is 0.0466. The number of halogens is 3. The molecule has 2 aliphatic rings. The second-order valence-electron chi connectivity index (χ2n) is 7.49. The molecule has 29 heavy (non-hydrogen) atoms. The average Bonchev–Trinajstić information content (AvgIpc) is 2.91. The molecule has 2 aliphatic heterocycles. The average molecular weight is 448 g/mol. The molecule has 1 fully saturated rings. The van der Waals surface area contributed by atoms with Crippen LogP contribution in [0.25, 0.3) is 11.8 Å². The lowest BCUT2D eigenvalue weighted by molar-refractivity contribution is -0.128. The van der Waals surface area contributed by atoms with E-state index in [9.17, 15) is 4.79 Å². The smallest absolute Gasteiger partial charge is 0.246 e. The molecule has 0 N–H and O–H groups in total. The summed E-state index contributed by atoms with van der Waals surface area (Å²) >= 11 is 19.0. The quantitative estimate of drug-likeness (QED) is 0.520. The van der Waals surface area contributed by atoms with Crippen molar-refractivity contribution in [2.24, 2.45) is 0 Å². The van der Waals surface area contributed by atoms with Gasteiger partial charge in [0.1, 0.15) is 0 Å². The predicted molar refractivity (Wildman–Crippen MR) is 121 cm³/mol. The van der Waals surface area contributed by atoms with Crippen LogP contribution in [0.4, 0.5) is 0 Å². The van der Waals surface area contributed by atoms with E-state index in [0.29, 0.717) is 28.7 Å². The third-order valence-electron chi connectivity index (χ3n) is 6.13. The number of carbonyl (C=O) groups is 1. The number of likely N-dealkylation sites (tertiary alicyclic amines) is 1. The zero-order chi connectivity index (χ0) is 20.8. The minimum Gasteiger partial charge on any atom is -0.365 e. The molecule has 150 valence electrons. The molecule has 1 spiro atoms. The van der Waals surface area contributed by atoms with Gasteiger partial charge in [0.15, 0.2) is 0 Å². The second-order valence-corrected chi connectivity index (χ2v) is 8.72. The van der Waals surface area contributed by atoms with Gasteiger partial charge in [-0.15, -0.1) is 0 Å². The van der Waals surface area contributed by atoms with Crippen LogP contribution in [0.15, 0.2) is 49.1 Å². The van der Waals surface area contributed by atoms with E-state index in [2.05, 4.69) is 24.6 Å². The van der Waals surface area contributed by atoms with Crippen LogP contribution in [0.3, 0.4) is 0 Å². The summed E-state index contributed by atoms with van der Waals surface area (Å²) in [5.74, 6) is -0.0466. The molecular weight excluding hydrogens is 427 g/mol. The SMILES string of the molecule is C=C1c2cccc(Cl)c2C2(CCN(C(=O)/C=C/c3c(Cl)cccc3Cl)CC2)N1C. The Morgan fingerprint density at radius 1 is 1.03 bits per heavy atom. The van der Waals surface area contributed by atoms with Gasteiger partial charge in [-0.1, -0.05) is 59.6 Å². The first-order valence-electron chi connectivity index (χ1n) is 9.48. The number of benzene rings is 2. The number of fused-ring (bicyclic) bond motifs is 2. The molecule has 0 atom stereocenters. The molecule has 2 aromatic carbocycles. The first kappa shape index (κ1) is 20.3. The van der Waals surface area contributed by atoms with Gasteiger partial charge in [0, 0.05) is 63.7 Å². The summed E-state index contributed by atoms with van der Waals surface area (Å²) in [6.45, 7) is 5.53. The molecule has 0 unspecified atom stereocenters. The third kappa shape index (κ3) is 3.35. The van der Waals surface area contributed by atoms with E-state index in [-0.39, 0.29) is 11.4 Å². The fourth-order valence-electron chi connectivity index (χ4n) is 4.46. The normalized spacial score (nSPS) is 18.0. The van der Waals surface area contributed by atoms with Gasteiger partial charge in [0.05, 0.1) is 5.54 Å². The Morgan fingerprint density at radius 3 is 2.28 bits per heavy atom. The Labute approximate surface area is 186 Å². The molecule has 2 aromatic rings. The second kappa shape index (κ2) is 7.71. The molecule has 2 heterocycles. The van der Waals surface area contributed by atoms with Crippen LogP contribution in [-0.4, -0.2) is 35.8 Å². The Hall–Kier alpha value is -1.94. The highest BCUT2D eigenvalue weighted by molar-refractivity contribution is 6.37. The van der Waals surface area contributed by atoms with Gasteiger partial charge in [-0.25, -0.2) is 0 Å². The largest absolute Gasteiger partial charge is 0.365 e. The molecule has 0 radical (unpaired) electrons. The minimum atomic E-state index is -0.211. The van der Waals surface area contributed by atoms with Gasteiger partial charge >= 0.3 is 0 Å². The number of piperidine rings is 1. The first-order chi connectivity index (χ1) is 13.8. The molecule has 0 bridgehead atoms. The van der Waals surface area contributed by atoms with Crippen molar-refractivity contribution >= 4 is 52.5 Å². The van der Waals surface area contributed by atoms with Crippen molar-refractivity contribution < 1.29 is 4.79 Å². The van der Waals surface area contributed by atoms with Crippen LogP contribution in [0.1, 0.15) is 29.5 Å². The fourth-order valence-corrected chi connectivity index (χ4v) is 5.33. The van der Waals surface area contributed by atoms with E-state index in [1.54, 1.807) is 30.4 Å². The summed E-state index contributed by atoms with van der Waals surface area (Å²) in [7, 11) is 2.06. The summed E-state index contributed by atoms with van der Waals surface area (Å²) < 4.78 is 0. The van der Waals surface area contributed by atoms with Crippen LogP contribution in [0.2, 0.25) is 15.1 Å². The number of rotatable bonds is 2. The van der Waals surface area contributed by atoms with Gasteiger partial charge in [0.2, 0.25) is 5.91 Å². The summed E-state index contributed by atoms with van der Waals surface area (Å²) in [5, 5.41) is 1.81. The maximum atomic E-state index is 12.8. The van der Waals surface area contributed by atoms with Crippen molar-refractivity contribution in [3.63, 3.8) is 0 Å².